The SMILES string of the molecule is NC(=O)c1ccccc1CCCc1nc(Cc2cccc(Br)c2)no1. The summed E-state index contributed by atoms with van der Waals surface area (Å²) in [6.45, 7) is 0. The maximum Gasteiger partial charge on any atom is 0.248 e. The number of benzene rings is 2. The lowest BCUT2D eigenvalue weighted by Crippen LogP contribution is -2.13. The van der Waals surface area contributed by atoms with Crippen LogP contribution in [0.5, 0.6) is 0 Å². The highest BCUT2D eigenvalue weighted by atomic mass is 79.9. The second-order valence-corrected chi connectivity index (χ2v) is 6.70. The quantitative estimate of drug-likeness (QED) is 0.656. The zero-order valence-electron chi connectivity index (χ0n) is 13.6. The summed E-state index contributed by atoms with van der Waals surface area (Å²) in [4.78, 5) is 15.9. The van der Waals surface area contributed by atoms with Gasteiger partial charge in [-0.25, -0.2) is 0 Å². The average molecular weight is 400 g/mol. The number of primary amides is 1. The molecule has 0 saturated carbocycles. The van der Waals surface area contributed by atoms with Gasteiger partial charge in [0, 0.05) is 22.9 Å². The normalized spacial score (nSPS) is 10.8. The third-order valence-corrected chi connectivity index (χ3v) is 4.37. The van der Waals surface area contributed by atoms with Gasteiger partial charge < -0.3 is 10.3 Å². The van der Waals surface area contributed by atoms with E-state index < -0.39 is 5.91 Å². The van der Waals surface area contributed by atoms with Crippen molar-refractivity contribution in [2.24, 2.45) is 5.73 Å². The maximum absolute atomic E-state index is 11.4. The van der Waals surface area contributed by atoms with Crippen molar-refractivity contribution in [1.29, 1.82) is 0 Å². The van der Waals surface area contributed by atoms with Crippen LogP contribution in [0.4, 0.5) is 0 Å². The molecule has 1 amide bonds. The number of nitrogens with two attached hydrogens (primary N) is 1. The van der Waals surface area contributed by atoms with Crippen molar-refractivity contribution in [2.45, 2.75) is 25.7 Å². The molecule has 1 aromatic heterocycles. The van der Waals surface area contributed by atoms with E-state index >= 15 is 0 Å². The number of halogens is 1. The Morgan fingerprint density at radius 1 is 1.12 bits per heavy atom. The zero-order valence-corrected chi connectivity index (χ0v) is 15.2. The molecule has 3 rings (SSSR count). The average Bonchev–Trinajstić information content (AvgIpc) is 3.02. The number of hydrogen-bond acceptors (Lipinski definition) is 4. The first kappa shape index (κ1) is 17.4. The van der Waals surface area contributed by atoms with E-state index in [1.165, 1.54) is 0 Å². The first-order valence-electron chi connectivity index (χ1n) is 8.05. The molecule has 0 fully saturated rings. The highest BCUT2D eigenvalue weighted by Crippen LogP contribution is 2.15. The molecular weight excluding hydrogens is 382 g/mol. The van der Waals surface area contributed by atoms with Crippen LogP contribution in [-0.2, 0) is 19.3 Å². The van der Waals surface area contributed by atoms with Gasteiger partial charge in [-0.15, -0.1) is 0 Å². The monoisotopic (exact) mass is 399 g/mol. The van der Waals surface area contributed by atoms with E-state index in [0.29, 0.717) is 30.1 Å². The highest BCUT2D eigenvalue weighted by molar-refractivity contribution is 9.10. The molecule has 0 spiro atoms. The van der Waals surface area contributed by atoms with Gasteiger partial charge in [0.05, 0.1) is 0 Å². The minimum absolute atomic E-state index is 0.398. The molecular formula is C19H18BrN3O2. The fourth-order valence-electron chi connectivity index (χ4n) is 2.70. The summed E-state index contributed by atoms with van der Waals surface area (Å²) in [5, 5.41) is 4.04. The molecule has 128 valence electrons. The lowest BCUT2D eigenvalue weighted by molar-refractivity contribution is 0.0999. The molecule has 0 unspecified atom stereocenters. The molecule has 6 heteroatoms. The van der Waals surface area contributed by atoms with Gasteiger partial charge in [-0.1, -0.05) is 51.4 Å². The van der Waals surface area contributed by atoms with E-state index in [1.807, 2.05) is 42.5 Å². The van der Waals surface area contributed by atoms with Gasteiger partial charge in [-0.2, -0.15) is 4.98 Å². The number of nitrogens with zero attached hydrogens (tertiary/aromatic N) is 2. The first-order valence-corrected chi connectivity index (χ1v) is 8.85. The summed E-state index contributed by atoms with van der Waals surface area (Å²) in [5.74, 6) is 0.886. The number of amides is 1. The number of aryl methyl sites for hydroxylation is 2. The topological polar surface area (TPSA) is 82.0 Å². The highest BCUT2D eigenvalue weighted by Gasteiger charge is 2.10. The maximum atomic E-state index is 11.4. The summed E-state index contributed by atoms with van der Waals surface area (Å²) >= 11 is 3.46. The van der Waals surface area contributed by atoms with E-state index in [1.54, 1.807) is 6.07 Å². The Balaban J connectivity index is 1.56. The predicted molar refractivity (Wildman–Crippen MR) is 98.2 cm³/mol. The number of carbonyl (C=O) groups is 1. The molecule has 3 aromatic rings. The zero-order chi connectivity index (χ0) is 17.6. The number of hydrogen-bond donors (Lipinski definition) is 1. The van der Waals surface area contributed by atoms with Gasteiger partial charge in [0.25, 0.3) is 0 Å². The summed E-state index contributed by atoms with van der Waals surface area (Å²) in [7, 11) is 0. The predicted octanol–water partition coefficient (Wildman–Crippen LogP) is 3.70. The van der Waals surface area contributed by atoms with Crippen LogP contribution in [-0.4, -0.2) is 16.0 Å². The van der Waals surface area contributed by atoms with Gasteiger partial charge in [-0.05, 0) is 42.2 Å². The van der Waals surface area contributed by atoms with Crippen LogP contribution in [0.15, 0.2) is 57.5 Å². The van der Waals surface area contributed by atoms with Gasteiger partial charge >= 0.3 is 0 Å². The smallest absolute Gasteiger partial charge is 0.248 e. The van der Waals surface area contributed by atoms with Crippen LogP contribution >= 0.6 is 15.9 Å². The van der Waals surface area contributed by atoms with Crippen LogP contribution in [0.2, 0.25) is 0 Å². The van der Waals surface area contributed by atoms with Crippen molar-refractivity contribution in [3.05, 3.63) is 81.4 Å². The fraction of sp³-hybridized carbons (Fsp3) is 0.211. The fourth-order valence-corrected chi connectivity index (χ4v) is 3.15. The molecule has 0 aliphatic heterocycles. The third-order valence-electron chi connectivity index (χ3n) is 3.88. The molecule has 0 saturated heterocycles. The molecule has 2 aromatic carbocycles. The van der Waals surface area contributed by atoms with Crippen LogP contribution in [0.1, 0.15) is 39.6 Å². The second kappa shape index (κ2) is 8.07. The van der Waals surface area contributed by atoms with Crippen LogP contribution < -0.4 is 5.73 Å². The van der Waals surface area contributed by atoms with Crippen LogP contribution in [0.3, 0.4) is 0 Å². The van der Waals surface area contributed by atoms with Gasteiger partial charge in [0.1, 0.15) is 0 Å². The second-order valence-electron chi connectivity index (χ2n) is 5.79. The molecule has 0 radical (unpaired) electrons. The molecule has 0 aliphatic rings. The standard InChI is InChI=1S/C19H18BrN3O2/c20-15-8-3-5-13(11-15)12-17-22-18(25-23-17)10-4-7-14-6-1-2-9-16(14)19(21)24/h1-3,5-6,8-9,11H,4,7,10,12H2,(H2,21,24). The number of carbonyl (C=O) groups excluding carboxylic acids is 1. The summed E-state index contributed by atoms with van der Waals surface area (Å²) in [6, 6.07) is 15.4. The molecule has 2 N–H and O–H groups in total. The van der Waals surface area contributed by atoms with Gasteiger partial charge in [0.15, 0.2) is 5.82 Å². The lowest BCUT2D eigenvalue weighted by atomic mass is 10.0. The van der Waals surface area contributed by atoms with Crippen molar-refractivity contribution in [3.63, 3.8) is 0 Å². The van der Waals surface area contributed by atoms with Crippen molar-refractivity contribution in [1.82, 2.24) is 10.1 Å². The Labute approximate surface area is 154 Å². The molecule has 0 atom stereocenters. The lowest BCUT2D eigenvalue weighted by Gasteiger charge is -2.05. The van der Waals surface area contributed by atoms with E-state index in [-0.39, 0.29) is 0 Å². The molecule has 5 nitrogen and oxygen atoms in total. The molecule has 0 aliphatic carbocycles. The van der Waals surface area contributed by atoms with Gasteiger partial charge in [0.2, 0.25) is 11.8 Å². The van der Waals surface area contributed by atoms with Crippen LogP contribution in [0, 0.1) is 0 Å². The minimum Gasteiger partial charge on any atom is -0.366 e. The Morgan fingerprint density at radius 2 is 1.96 bits per heavy atom. The minimum atomic E-state index is -0.398. The van der Waals surface area contributed by atoms with Crippen molar-refractivity contribution < 1.29 is 9.32 Å². The summed E-state index contributed by atoms with van der Waals surface area (Å²) in [6.07, 6.45) is 2.84. The third kappa shape index (κ3) is 4.76. The van der Waals surface area contributed by atoms with E-state index in [0.717, 1.165) is 28.4 Å². The van der Waals surface area contributed by atoms with Gasteiger partial charge in [-0.3, -0.25) is 4.79 Å². The summed E-state index contributed by atoms with van der Waals surface area (Å²) in [5.41, 5.74) is 8.04. The van der Waals surface area contributed by atoms with Crippen molar-refractivity contribution in [3.8, 4) is 0 Å². The van der Waals surface area contributed by atoms with E-state index in [2.05, 4.69) is 26.1 Å². The van der Waals surface area contributed by atoms with Crippen molar-refractivity contribution >= 4 is 21.8 Å². The Hall–Kier alpha value is -2.47. The van der Waals surface area contributed by atoms with E-state index in [4.69, 9.17) is 10.3 Å². The van der Waals surface area contributed by atoms with E-state index in [9.17, 15) is 4.79 Å². The molecule has 0 bridgehead atoms. The van der Waals surface area contributed by atoms with Crippen molar-refractivity contribution in [2.75, 3.05) is 0 Å². The largest absolute Gasteiger partial charge is 0.366 e. The summed E-state index contributed by atoms with van der Waals surface area (Å²) < 4.78 is 6.35. The number of aromatic nitrogens is 2. The number of rotatable bonds is 7. The molecule has 1 heterocycles. The molecule has 25 heavy (non-hydrogen) atoms. The Kier molecular flexibility index (Phi) is 5.60. The van der Waals surface area contributed by atoms with Crippen LogP contribution in [0.25, 0.3) is 0 Å². The Morgan fingerprint density at radius 3 is 2.76 bits per heavy atom. The Bertz CT molecular complexity index is 876. The first-order chi connectivity index (χ1) is 12.1.